The number of benzene rings is 1. The zero-order valence-electron chi connectivity index (χ0n) is 10.9. The molecule has 1 aromatic heterocycles. The molecule has 0 spiro atoms. The number of hydrogen-bond acceptors (Lipinski definition) is 4. The van der Waals surface area contributed by atoms with Gasteiger partial charge in [0.25, 0.3) is 10.0 Å². The number of hydrogen-bond donors (Lipinski definition) is 2. The molecule has 0 saturated carbocycles. The van der Waals surface area contributed by atoms with E-state index in [1.165, 1.54) is 24.7 Å². The second kappa shape index (κ2) is 5.86. The van der Waals surface area contributed by atoms with Crippen molar-refractivity contribution in [1.29, 1.82) is 0 Å². The first kappa shape index (κ1) is 15.5. The van der Waals surface area contributed by atoms with Crippen LogP contribution in [-0.2, 0) is 16.6 Å². The predicted molar refractivity (Wildman–Crippen MR) is 79.8 cm³/mol. The minimum atomic E-state index is -3.96. The summed E-state index contributed by atoms with van der Waals surface area (Å²) in [6, 6.07) is 4.38. The van der Waals surface area contributed by atoms with Gasteiger partial charge in [-0.15, -0.1) is 0 Å². The molecule has 0 fully saturated rings. The molecule has 9 heteroatoms. The molecule has 2 rings (SSSR count). The summed E-state index contributed by atoms with van der Waals surface area (Å²) in [5, 5.41) is 8.95. The standard InChI is InChI=1S/C12H12BrN3O4S/c1-2-16-6-10(14-7-16)21(19,20)15-11-8(12(17)18)4-3-5-9(11)13/h3-7,15H,2H2,1H3,(H,17,18). The molecule has 0 aliphatic carbocycles. The summed E-state index contributed by atoms with van der Waals surface area (Å²) in [6.07, 6.45) is 2.77. The van der Waals surface area contributed by atoms with Gasteiger partial charge in [0, 0.05) is 17.2 Å². The number of nitrogens with zero attached hydrogens (tertiary/aromatic N) is 2. The van der Waals surface area contributed by atoms with Crippen molar-refractivity contribution in [1.82, 2.24) is 9.55 Å². The highest BCUT2D eigenvalue weighted by Crippen LogP contribution is 2.28. The molecule has 0 amide bonds. The number of halogens is 1. The quantitative estimate of drug-likeness (QED) is 0.835. The van der Waals surface area contributed by atoms with Gasteiger partial charge in [-0.25, -0.2) is 9.78 Å². The van der Waals surface area contributed by atoms with Crippen LogP contribution in [0.4, 0.5) is 5.69 Å². The number of aromatic carboxylic acids is 1. The molecule has 21 heavy (non-hydrogen) atoms. The van der Waals surface area contributed by atoms with Gasteiger partial charge in [-0.05, 0) is 35.0 Å². The number of nitrogens with one attached hydrogen (secondary N) is 1. The van der Waals surface area contributed by atoms with E-state index in [4.69, 9.17) is 5.11 Å². The molecular formula is C12H12BrN3O4S. The van der Waals surface area contributed by atoms with E-state index < -0.39 is 16.0 Å². The summed E-state index contributed by atoms with van der Waals surface area (Å²) in [5.41, 5.74) is -0.182. The fraction of sp³-hybridized carbons (Fsp3) is 0.167. The van der Waals surface area contributed by atoms with Crippen molar-refractivity contribution >= 4 is 37.6 Å². The SMILES string of the molecule is CCn1cnc(S(=O)(=O)Nc2c(Br)cccc2C(=O)O)c1. The van der Waals surface area contributed by atoms with E-state index >= 15 is 0 Å². The first-order valence-corrected chi connectivity index (χ1v) is 8.19. The van der Waals surface area contributed by atoms with Crippen molar-refractivity contribution < 1.29 is 18.3 Å². The van der Waals surface area contributed by atoms with Crippen LogP contribution >= 0.6 is 15.9 Å². The maximum Gasteiger partial charge on any atom is 0.337 e. The third-order valence-electron chi connectivity index (χ3n) is 2.73. The minimum absolute atomic E-state index is 0.0314. The van der Waals surface area contributed by atoms with Crippen LogP contribution in [0.2, 0.25) is 0 Å². The summed E-state index contributed by atoms with van der Waals surface area (Å²) >= 11 is 3.14. The van der Waals surface area contributed by atoms with Crippen molar-refractivity contribution in [3.8, 4) is 0 Å². The number of anilines is 1. The number of sulfonamides is 1. The van der Waals surface area contributed by atoms with Gasteiger partial charge in [-0.2, -0.15) is 8.42 Å². The Hall–Kier alpha value is -1.87. The molecule has 0 saturated heterocycles. The van der Waals surface area contributed by atoms with Gasteiger partial charge in [0.1, 0.15) is 0 Å². The van der Waals surface area contributed by atoms with Gasteiger partial charge in [0.2, 0.25) is 0 Å². The molecule has 0 atom stereocenters. The Balaban J connectivity index is 2.44. The topological polar surface area (TPSA) is 101 Å². The number of carboxylic acids is 1. The molecule has 0 unspecified atom stereocenters. The van der Waals surface area contributed by atoms with E-state index in [9.17, 15) is 13.2 Å². The molecule has 2 N–H and O–H groups in total. The summed E-state index contributed by atoms with van der Waals surface area (Å²) in [6.45, 7) is 2.43. The molecule has 1 heterocycles. The second-order valence-electron chi connectivity index (χ2n) is 4.12. The maximum absolute atomic E-state index is 12.3. The predicted octanol–water partition coefficient (Wildman–Crippen LogP) is 2.16. The zero-order valence-corrected chi connectivity index (χ0v) is 13.3. The highest BCUT2D eigenvalue weighted by molar-refractivity contribution is 9.10. The highest BCUT2D eigenvalue weighted by Gasteiger charge is 2.22. The Morgan fingerprint density at radius 1 is 1.48 bits per heavy atom. The lowest BCUT2D eigenvalue weighted by Gasteiger charge is -2.10. The van der Waals surface area contributed by atoms with Crippen molar-refractivity contribution in [3.63, 3.8) is 0 Å². The van der Waals surface area contributed by atoms with Gasteiger partial charge in [-0.1, -0.05) is 6.07 Å². The van der Waals surface area contributed by atoms with Gasteiger partial charge in [-0.3, -0.25) is 4.72 Å². The fourth-order valence-electron chi connectivity index (χ4n) is 1.64. The van der Waals surface area contributed by atoms with Crippen molar-refractivity contribution in [2.24, 2.45) is 0 Å². The number of carbonyl (C=O) groups is 1. The van der Waals surface area contributed by atoms with E-state index in [1.807, 2.05) is 6.92 Å². The monoisotopic (exact) mass is 373 g/mol. The van der Waals surface area contributed by atoms with Crippen LogP contribution in [0.5, 0.6) is 0 Å². The normalized spacial score (nSPS) is 11.3. The van der Waals surface area contributed by atoms with Gasteiger partial charge in [0.15, 0.2) is 5.03 Å². The smallest absolute Gasteiger partial charge is 0.337 e. The van der Waals surface area contributed by atoms with Gasteiger partial charge >= 0.3 is 5.97 Å². The van der Waals surface area contributed by atoms with Crippen LogP contribution in [0.25, 0.3) is 0 Å². The summed E-state index contributed by atoms with van der Waals surface area (Å²) in [4.78, 5) is 15.0. The van der Waals surface area contributed by atoms with Crippen molar-refractivity contribution in [2.45, 2.75) is 18.5 Å². The minimum Gasteiger partial charge on any atom is -0.478 e. The fourth-order valence-corrected chi connectivity index (χ4v) is 3.29. The third kappa shape index (κ3) is 3.24. The molecule has 0 aliphatic heterocycles. The summed E-state index contributed by atoms with van der Waals surface area (Å²) in [7, 11) is -3.96. The third-order valence-corrected chi connectivity index (χ3v) is 4.63. The largest absolute Gasteiger partial charge is 0.478 e. The number of aromatic nitrogens is 2. The van der Waals surface area contributed by atoms with Gasteiger partial charge in [0.05, 0.1) is 17.6 Å². The van der Waals surface area contributed by atoms with E-state index in [-0.39, 0.29) is 16.3 Å². The molecular weight excluding hydrogens is 362 g/mol. The molecule has 1 aromatic carbocycles. The van der Waals surface area contributed by atoms with Crippen molar-refractivity contribution in [3.05, 3.63) is 40.8 Å². The average molecular weight is 374 g/mol. The Morgan fingerprint density at radius 3 is 2.76 bits per heavy atom. The van der Waals surface area contributed by atoms with E-state index in [0.717, 1.165) is 0 Å². The Morgan fingerprint density at radius 2 is 2.19 bits per heavy atom. The number of aryl methyl sites for hydroxylation is 1. The lowest BCUT2D eigenvalue weighted by atomic mass is 10.2. The first-order chi connectivity index (χ1) is 9.85. The molecule has 7 nitrogen and oxygen atoms in total. The maximum atomic E-state index is 12.3. The molecule has 0 bridgehead atoms. The van der Waals surface area contributed by atoms with Gasteiger partial charge < -0.3 is 9.67 Å². The highest BCUT2D eigenvalue weighted by atomic mass is 79.9. The number of imidazole rings is 1. The summed E-state index contributed by atoms with van der Waals surface area (Å²) < 4.78 is 28.7. The molecule has 0 aliphatic rings. The van der Waals surface area contributed by atoms with Crippen LogP contribution in [0, 0.1) is 0 Å². The second-order valence-corrected chi connectivity index (χ2v) is 6.60. The van der Waals surface area contributed by atoms with Crippen LogP contribution in [0.15, 0.2) is 40.2 Å². The van der Waals surface area contributed by atoms with E-state index in [2.05, 4.69) is 25.6 Å². The summed E-state index contributed by atoms with van der Waals surface area (Å²) in [5.74, 6) is -1.23. The molecule has 2 aromatic rings. The lowest BCUT2D eigenvalue weighted by Crippen LogP contribution is -2.16. The Labute approximate surface area is 129 Å². The Bertz CT molecular complexity index is 786. The first-order valence-electron chi connectivity index (χ1n) is 5.91. The van der Waals surface area contributed by atoms with Crippen LogP contribution in [0.1, 0.15) is 17.3 Å². The molecule has 112 valence electrons. The van der Waals surface area contributed by atoms with E-state index in [0.29, 0.717) is 11.0 Å². The van der Waals surface area contributed by atoms with Crippen molar-refractivity contribution in [2.75, 3.05) is 4.72 Å². The van der Waals surface area contributed by atoms with Crippen LogP contribution in [0.3, 0.4) is 0 Å². The van der Waals surface area contributed by atoms with E-state index in [1.54, 1.807) is 10.6 Å². The zero-order chi connectivity index (χ0) is 15.6. The average Bonchev–Trinajstić information content (AvgIpc) is 2.90. The lowest BCUT2D eigenvalue weighted by molar-refractivity contribution is 0.0698. The number of rotatable bonds is 5. The Kier molecular flexibility index (Phi) is 4.33. The molecule has 0 radical (unpaired) electrons. The van der Waals surface area contributed by atoms with Crippen LogP contribution < -0.4 is 4.72 Å². The number of para-hydroxylation sites is 1. The number of carboxylic acid groups (broad SMARTS) is 1. The van der Waals surface area contributed by atoms with Crippen LogP contribution in [-0.4, -0.2) is 29.0 Å².